The zero-order chi connectivity index (χ0) is 13.8. The van der Waals surface area contributed by atoms with Gasteiger partial charge in [0.1, 0.15) is 0 Å². The van der Waals surface area contributed by atoms with Crippen molar-refractivity contribution in [3.8, 4) is 0 Å². The molecule has 0 fully saturated rings. The van der Waals surface area contributed by atoms with Gasteiger partial charge in [-0.25, -0.2) is 0 Å². The molecule has 0 saturated heterocycles. The van der Waals surface area contributed by atoms with E-state index in [1.807, 2.05) is 19.2 Å². The molecular weight excluding hydrogens is 375 g/mol. The molecule has 0 radical (unpaired) electrons. The quantitative estimate of drug-likeness (QED) is 0.482. The van der Waals surface area contributed by atoms with Crippen LogP contribution in [-0.4, -0.2) is 12.0 Å². The molecule has 1 atom stereocenters. The lowest BCUT2D eigenvalue weighted by molar-refractivity contribution is -0.385. The highest BCUT2D eigenvalue weighted by atomic mass is 127. The summed E-state index contributed by atoms with van der Waals surface area (Å²) in [4.78, 5) is 10.7. The van der Waals surface area contributed by atoms with E-state index in [1.54, 1.807) is 23.5 Å². The lowest BCUT2D eigenvalue weighted by Crippen LogP contribution is -2.18. The van der Waals surface area contributed by atoms with Crippen molar-refractivity contribution < 1.29 is 4.92 Å². The van der Waals surface area contributed by atoms with Crippen LogP contribution in [-0.2, 0) is 6.42 Å². The summed E-state index contributed by atoms with van der Waals surface area (Å²) in [6.07, 6.45) is 0.612. The SMILES string of the molecule is CNC(Cc1ccccc1[N+](=O)[O-])c1csc(I)c1. The topological polar surface area (TPSA) is 55.2 Å². The Kier molecular flexibility index (Phi) is 4.89. The summed E-state index contributed by atoms with van der Waals surface area (Å²) in [5, 5.41) is 16.3. The van der Waals surface area contributed by atoms with Gasteiger partial charge >= 0.3 is 0 Å². The van der Waals surface area contributed by atoms with E-state index in [-0.39, 0.29) is 16.7 Å². The smallest absolute Gasteiger partial charge is 0.272 e. The van der Waals surface area contributed by atoms with Crippen LogP contribution in [0.25, 0.3) is 0 Å². The molecule has 100 valence electrons. The van der Waals surface area contributed by atoms with Gasteiger partial charge in [-0.15, -0.1) is 11.3 Å². The second-order valence-corrected chi connectivity index (χ2v) is 6.92. The number of nitro benzene ring substituents is 1. The number of nitro groups is 1. The first kappa shape index (κ1) is 14.4. The van der Waals surface area contributed by atoms with Gasteiger partial charge in [-0.05, 0) is 53.1 Å². The fraction of sp³-hybridized carbons (Fsp3) is 0.231. The molecule has 1 N–H and O–H groups in total. The molecular formula is C13H13IN2O2S. The van der Waals surface area contributed by atoms with E-state index >= 15 is 0 Å². The third kappa shape index (κ3) is 3.52. The average molecular weight is 388 g/mol. The molecule has 1 heterocycles. The summed E-state index contributed by atoms with van der Waals surface area (Å²) in [5.41, 5.74) is 2.12. The number of nitrogens with one attached hydrogen (secondary N) is 1. The van der Waals surface area contributed by atoms with Crippen molar-refractivity contribution >= 4 is 39.6 Å². The summed E-state index contributed by atoms with van der Waals surface area (Å²) in [6.45, 7) is 0. The molecule has 2 rings (SSSR count). The third-order valence-electron chi connectivity index (χ3n) is 2.95. The predicted octanol–water partition coefficient (Wildman–Crippen LogP) is 3.76. The Bertz CT molecular complexity index is 586. The molecule has 0 saturated carbocycles. The Morgan fingerprint density at radius 2 is 2.21 bits per heavy atom. The van der Waals surface area contributed by atoms with Crippen LogP contribution in [0.4, 0.5) is 5.69 Å². The van der Waals surface area contributed by atoms with Crippen LogP contribution >= 0.6 is 33.9 Å². The number of nitrogens with zero attached hydrogens (tertiary/aromatic N) is 1. The Balaban J connectivity index is 2.26. The van der Waals surface area contributed by atoms with Crippen molar-refractivity contribution in [2.24, 2.45) is 0 Å². The fourth-order valence-corrected chi connectivity index (χ4v) is 3.40. The standard InChI is InChI=1S/C13H13IN2O2S/c1-15-11(10-7-13(14)19-8-10)6-9-4-2-3-5-12(9)16(17)18/h2-5,7-8,11,15H,6H2,1H3. The number of halogens is 1. The first-order valence-electron chi connectivity index (χ1n) is 5.75. The van der Waals surface area contributed by atoms with Gasteiger partial charge in [-0.2, -0.15) is 0 Å². The number of benzene rings is 1. The monoisotopic (exact) mass is 388 g/mol. The van der Waals surface area contributed by atoms with Crippen LogP contribution in [0.15, 0.2) is 35.7 Å². The predicted molar refractivity (Wildman–Crippen MR) is 85.6 cm³/mol. The maximum Gasteiger partial charge on any atom is 0.272 e. The minimum absolute atomic E-state index is 0.0980. The summed E-state index contributed by atoms with van der Waals surface area (Å²) in [6, 6.07) is 9.12. The van der Waals surface area contributed by atoms with Crippen LogP contribution < -0.4 is 5.32 Å². The second kappa shape index (κ2) is 6.44. The third-order valence-corrected chi connectivity index (χ3v) is 4.76. The maximum absolute atomic E-state index is 11.0. The second-order valence-electron chi connectivity index (χ2n) is 4.12. The molecule has 0 aliphatic heterocycles. The van der Waals surface area contributed by atoms with E-state index in [9.17, 15) is 10.1 Å². The maximum atomic E-state index is 11.0. The van der Waals surface area contributed by atoms with Crippen molar-refractivity contribution in [1.82, 2.24) is 5.32 Å². The Morgan fingerprint density at radius 3 is 2.79 bits per heavy atom. The van der Waals surface area contributed by atoms with E-state index in [4.69, 9.17) is 0 Å². The summed E-state index contributed by atoms with van der Waals surface area (Å²) >= 11 is 3.96. The molecule has 4 nitrogen and oxygen atoms in total. The Labute approximate surface area is 129 Å². The molecule has 1 unspecified atom stereocenters. The first-order chi connectivity index (χ1) is 9.11. The number of hydrogen-bond acceptors (Lipinski definition) is 4. The van der Waals surface area contributed by atoms with Crippen LogP contribution in [0.5, 0.6) is 0 Å². The van der Waals surface area contributed by atoms with Crippen molar-refractivity contribution in [2.45, 2.75) is 12.5 Å². The average Bonchev–Trinajstić information content (AvgIpc) is 2.82. The highest BCUT2D eigenvalue weighted by Gasteiger charge is 2.18. The number of rotatable bonds is 5. The summed E-state index contributed by atoms with van der Waals surface area (Å²) < 4.78 is 1.22. The van der Waals surface area contributed by atoms with Gasteiger partial charge in [0, 0.05) is 17.7 Å². The molecule has 6 heteroatoms. The van der Waals surface area contributed by atoms with Crippen LogP contribution in [0.2, 0.25) is 0 Å². The van der Waals surface area contributed by atoms with Crippen LogP contribution in [0.1, 0.15) is 17.2 Å². The first-order valence-corrected chi connectivity index (χ1v) is 7.71. The lowest BCUT2D eigenvalue weighted by Gasteiger charge is -2.15. The van der Waals surface area contributed by atoms with Gasteiger partial charge in [-0.1, -0.05) is 18.2 Å². The van der Waals surface area contributed by atoms with E-state index < -0.39 is 0 Å². The van der Waals surface area contributed by atoms with E-state index in [0.29, 0.717) is 6.42 Å². The number of likely N-dealkylation sites (N-methyl/N-ethyl adjacent to an activating group) is 1. The molecule has 0 amide bonds. The van der Waals surface area contributed by atoms with Gasteiger partial charge in [0.05, 0.1) is 7.81 Å². The minimum Gasteiger partial charge on any atom is -0.313 e. The molecule has 0 spiro atoms. The van der Waals surface area contributed by atoms with Crippen molar-refractivity contribution in [2.75, 3.05) is 7.05 Å². The van der Waals surface area contributed by atoms with Gasteiger partial charge in [0.2, 0.25) is 0 Å². The molecule has 19 heavy (non-hydrogen) atoms. The lowest BCUT2D eigenvalue weighted by atomic mass is 10.00. The molecule has 0 aliphatic rings. The van der Waals surface area contributed by atoms with E-state index in [2.05, 4.69) is 39.4 Å². The number of hydrogen-bond donors (Lipinski definition) is 1. The van der Waals surface area contributed by atoms with Gasteiger partial charge in [0.25, 0.3) is 5.69 Å². The zero-order valence-electron chi connectivity index (χ0n) is 10.3. The Hall–Kier alpha value is -0.990. The molecule has 0 bridgehead atoms. The van der Waals surface area contributed by atoms with Gasteiger partial charge in [-0.3, -0.25) is 10.1 Å². The zero-order valence-corrected chi connectivity index (χ0v) is 13.3. The highest BCUT2D eigenvalue weighted by Crippen LogP contribution is 2.28. The summed E-state index contributed by atoms with van der Waals surface area (Å²) in [5.74, 6) is 0. The van der Waals surface area contributed by atoms with E-state index in [1.165, 1.54) is 8.45 Å². The molecule has 1 aromatic carbocycles. The van der Waals surface area contributed by atoms with Crippen molar-refractivity contribution in [1.29, 1.82) is 0 Å². The van der Waals surface area contributed by atoms with Crippen molar-refractivity contribution in [3.63, 3.8) is 0 Å². The van der Waals surface area contributed by atoms with Gasteiger partial charge in [0.15, 0.2) is 0 Å². The number of thiophene rings is 1. The molecule has 1 aromatic heterocycles. The van der Waals surface area contributed by atoms with Crippen LogP contribution in [0.3, 0.4) is 0 Å². The highest BCUT2D eigenvalue weighted by molar-refractivity contribution is 14.1. The largest absolute Gasteiger partial charge is 0.313 e. The fourth-order valence-electron chi connectivity index (χ4n) is 1.97. The van der Waals surface area contributed by atoms with Crippen LogP contribution in [0, 0.1) is 13.0 Å². The Morgan fingerprint density at radius 1 is 1.47 bits per heavy atom. The molecule has 0 aliphatic carbocycles. The number of para-hydroxylation sites is 1. The van der Waals surface area contributed by atoms with Gasteiger partial charge < -0.3 is 5.32 Å². The van der Waals surface area contributed by atoms with E-state index in [0.717, 1.165) is 5.56 Å². The molecule has 2 aromatic rings. The minimum atomic E-state index is -0.320. The summed E-state index contributed by atoms with van der Waals surface area (Å²) in [7, 11) is 1.88. The van der Waals surface area contributed by atoms with Crippen molar-refractivity contribution in [3.05, 3.63) is 59.8 Å². The normalized spacial score (nSPS) is 12.3.